The third-order valence-corrected chi connectivity index (χ3v) is 3.13. The first-order chi connectivity index (χ1) is 8.18. The van der Waals surface area contributed by atoms with Crippen LogP contribution in [0.1, 0.15) is 11.8 Å². The van der Waals surface area contributed by atoms with Gasteiger partial charge in [0.25, 0.3) is 0 Å². The number of carbonyl (C=O) groups is 1. The van der Waals surface area contributed by atoms with E-state index in [2.05, 4.69) is 11.8 Å². The summed E-state index contributed by atoms with van der Waals surface area (Å²) in [4.78, 5) is 12.0. The molecule has 3 heteroatoms. The molecular weight excluding hydrogens is 232 g/mol. The zero-order valence-corrected chi connectivity index (χ0v) is 10.3. The lowest BCUT2D eigenvalue weighted by molar-refractivity contribution is -0.110. The first kappa shape index (κ1) is 11.8. The molecule has 1 aromatic rings. The minimum Gasteiger partial charge on any atom is -0.354 e. The Kier molecular flexibility index (Phi) is 3.58. The van der Waals surface area contributed by atoms with E-state index in [1.807, 2.05) is 24.4 Å². The second kappa shape index (κ2) is 5.13. The summed E-state index contributed by atoms with van der Waals surface area (Å²) in [6, 6.07) is 3.94. The normalized spacial score (nSPS) is 16.6. The number of carbonyl (C=O) groups excluding carboxylic acids is 1. The topological polar surface area (TPSA) is 26.3 Å². The maximum absolute atomic E-state index is 11.0. The summed E-state index contributed by atoms with van der Waals surface area (Å²) in [5.74, 6) is 5.97. The van der Waals surface area contributed by atoms with Crippen molar-refractivity contribution >= 4 is 17.1 Å². The van der Waals surface area contributed by atoms with Gasteiger partial charge in [0.15, 0.2) is 5.78 Å². The Bertz CT molecular complexity index is 496. The molecule has 0 amide bonds. The van der Waals surface area contributed by atoms with E-state index in [0.29, 0.717) is 6.61 Å². The summed E-state index contributed by atoms with van der Waals surface area (Å²) >= 11 is 1.61. The molecule has 0 radical (unpaired) electrons. The van der Waals surface area contributed by atoms with Gasteiger partial charge in [-0.15, -0.1) is 11.3 Å². The third-order valence-electron chi connectivity index (χ3n) is 2.35. The molecule has 1 aromatic heterocycles. The molecule has 0 fully saturated rings. The van der Waals surface area contributed by atoms with Gasteiger partial charge in [-0.3, -0.25) is 4.79 Å². The van der Waals surface area contributed by atoms with Crippen molar-refractivity contribution in [1.82, 2.24) is 0 Å². The van der Waals surface area contributed by atoms with Gasteiger partial charge in [-0.25, -0.2) is 0 Å². The van der Waals surface area contributed by atoms with Crippen LogP contribution in [0.25, 0.3) is 0 Å². The number of rotatable bonds is 2. The summed E-state index contributed by atoms with van der Waals surface area (Å²) in [5, 5.41) is 1.99. The van der Waals surface area contributed by atoms with E-state index in [9.17, 15) is 4.79 Å². The maximum atomic E-state index is 11.0. The van der Waals surface area contributed by atoms with Crippen LogP contribution < -0.4 is 0 Å². The Hall–Kier alpha value is -1.63. The lowest BCUT2D eigenvalue weighted by Gasteiger charge is -2.22. The van der Waals surface area contributed by atoms with E-state index < -0.39 is 5.60 Å². The molecule has 0 spiro atoms. The van der Waals surface area contributed by atoms with E-state index >= 15 is 0 Å². The SMILES string of the molecule is CC1(OCC#Cc2cccs2)C=CC(=O)C=C1. The first-order valence-electron chi connectivity index (χ1n) is 5.27. The van der Waals surface area contributed by atoms with Crippen LogP contribution in [0.2, 0.25) is 0 Å². The van der Waals surface area contributed by atoms with Gasteiger partial charge >= 0.3 is 0 Å². The quantitative estimate of drug-likeness (QED) is 0.747. The molecule has 0 bridgehead atoms. The lowest BCUT2D eigenvalue weighted by Crippen LogP contribution is -2.26. The van der Waals surface area contributed by atoms with Crippen molar-refractivity contribution in [2.24, 2.45) is 0 Å². The number of thiophene rings is 1. The molecule has 0 N–H and O–H groups in total. The molecule has 1 heterocycles. The van der Waals surface area contributed by atoms with E-state index in [1.54, 1.807) is 23.5 Å². The predicted molar refractivity (Wildman–Crippen MR) is 68.8 cm³/mol. The summed E-state index contributed by atoms with van der Waals surface area (Å²) in [6.07, 6.45) is 6.55. The van der Waals surface area contributed by atoms with Gasteiger partial charge in [-0.05, 0) is 42.7 Å². The fourth-order valence-electron chi connectivity index (χ4n) is 1.37. The molecular formula is C14H12O2S. The van der Waals surface area contributed by atoms with Crippen molar-refractivity contribution in [3.8, 4) is 11.8 Å². The van der Waals surface area contributed by atoms with E-state index in [4.69, 9.17) is 4.74 Å². The van der Waals surface area contributed by atoms with Crippen LogP contribution in [0.15, 0.2) is 41.8 Å². The number of ether oxygens (including phenoxy) is 1. The van der Waals surface area contributed by atoms with Crippen LogP contribution in [0.3, 0.4) is 0 Å². The molecule has 86 valence electrons. The second-order valence-corrected chi connectivity index (χ2v) is 4.77. The highest BCUT2D eigenvalue weighted by Gasteiger charge is 2.20. The van der Waals surface area contributed by atoms with Crippen LogP contribution in [-0.4, -0.2) is 18.0 Å². The van der Waals surface area contributed by atoms with Gasteiger partial charge in [0, 0.05) is 0 Å². The number of hydrogen-bond donors (Lipinski definition) is 0. The molecule has 1 aliphatic carbocycles. The monoisotopic (exact) mass is 244 g/mol. The Morgan fingerprint density at radius 2 is 2.18 bits per heavy atom. The molecule has 0 saturated carbocycles. The van der Waals surface area contributed by atoms with Crippen LogP contribution in [0.5, 0.6) is 0 Å². The average Bonchev–Trinajstić information content (AvgIpc) is 2.82. The van der Waals surface area contributed by atoms with Crippen LogP contribution in [-0.2, 0) is 9.53 Å². The van der Waals surface area contributed by atoms with Crippen molar-refractivity contribution in [3.63, 3.8) is 0 Å². The van der Waals surface area contributed by atoms with Crippen molar-refractivity contribution in [2.45, 2.75) is 12.5 Å². The van der Waals surface area contributed by atoms with Gasteiger partial charge < -0.3 is 4.74 Å². The molecule has 17 heavy (non-hydrogen) atoms. The summed E-state index contributed by atoms with van der Waals surface area (Å²) in [6.45, 7) is 2.25. The number of allylic oxidation sites excluding steroid dienone is 2. The summed E-state index contributed by atoms with van der Waals surface area (Å²) < 4.78 is 5.62. The van der Waals surface area contributed by atoms with Crippen molar-refractivity contribution in [2.75, 3.05) is 6.61 Å². The molecule has 1 aliphatic rings. The van der Waals surface area contributed by atoms with Gasteiger partial charge in [-0.2, -0.15) is 0 Å². The lowest BCUT2D eigenvalue weighted by atomic mass is 10.00. The molecule has 0 unspecified atom stereocenters. The Labute approximate surface area is 105 Å². The fraction of sp³-hybridized carbons (Fsp3) is 0.214. The third kappa shape index (κ3) is 3.42. The highest BCUT2D eigenvalue weighted by molar-refractivity contribution is 7.10. The van der Waals surface area contributed by atoms with E-state index in [0.717, 1.165) is 4.88 Å². The molecule has 2 nitrogen and oxygen atoms in total. The predicted octanol–water partition coefficient (Wildman–Crippen LogP) is 2.57. The summed E-state index contributed by atoms with van der Waals surface area (Å²) in [5.41, 5.74) is -0.516. The van der Waals surface area contributed by atoms with E-state index in [-0.39, 0.29) is 5.78 Å². The zero-order chi connectivity index (χ0) is 12.1. The van der Waals surface area contributed by atoms with Crippen LogP contribution >= 0.6 is 11.3 Å². The molecule has 0 atom stereocenters. The van der Waals surface area contributed by atoms with Crippen LogP contribution in [0.4, 0.5) is 0 Å². The maximum Gasteiger partial charge on any atom is 0.178 e. The van der Waals surface area contributed by atoms with Crippen molar-refractivity contribution in [3.05, 3.63) is 46.7 Å². The van der Waals surface area contributed by atoms with Gasteiger partial charge in [-0.1, -0.05) is 17.9 Å². The van der Waals surface area contributed by atoms with Crippen molar-refractivity contribution in [1.29, 1.82) is 0 Å². The van der Waals surface area contributed by atoms with Gasteiger partial charge in [0.1, 0.15) is 12.2 Å². The Morgan fingerprint density at radius 3 is 2.82 bits per heavy atom. The van der Waals surface area contributed by atoms with Crippen molar-refractivity contribution < 1.29 is 9.53 Å². The van der Waals surface area contributed by atoms with Gasteiger partial charge in [0.05, 0.1) is 4.88 Å². The van der Waals surface area contributed by atoms with E-state index in [1.165, 1.54) is 12.2 Å². The molecule has 0 aromatic carbocycles. The second-order valence-electron chi connectivity index (χ2n) is 3.82. The molecule has 2 rings (SSSR count). The van der Waals surface area contributed by atoms with Gasteiger partial charge in [0.2, 0.25) is 0 Å². The highest BCUT2D eigenvalue weighted by atomic mass is 32.1. The number of ketones is 1. The fourth-order valence-corrected chi connectivity index (χ4v) is 1.96. The molecule has 0 aliphatic heterocycles. The first-order valence-corrected chi connectivity index (χ1v) is 6.15. The largest absolute Gasteiger partial charge is 0.354 e. The minimum atomic E-state index is -0.516. The summed E-state index contributed by atoms with van der Waals surface area (Å²) in [7, 11) is 0. The number of hydrogen-bond acceptors (Lipinski definition) is 3. The van der Waals surface area contributed by atoms with Crippen LogP contribution in [0, 0.1) is 11.8 Å². The molecule has 0 saturated heterocycles. The highest BCUT2D eigenvalue weighted by Crippen LogP contribution is 2.17. The smallest absolute Gasteiger partial charge is 0.178 e. The Morgan fingerprint density at radius 1 is 1.41 bits per heavy atom. The zero-order valence-electron chi connectivity index (χ0n) is 9.47. The standard InChI is InChI=1S/C14H12O2S/c1-14(8-6-12(15)7-9-14)16-10-2-4-13-5-3-11-17-13/h3,5-9,11H,10H2,1H3. The Balaban J connectivity index is 1.89. The average molecular weight is 244 g/mol. The minimum absolute atomic E-state index is 0.00394.